The van der Waals surface area contributed by atoms with Gasteiger partial charge in [-0.15, -0.1) is 0 Å². The summed E-state index contributed by atoms with van der Waals surface area (Å²) in [6, 6.07) is 10.6. The van der Waals surface area contributed by atoms with Gasteiger partial charge in [-0.3, -0.25) is 24.0 Å². The van der Waals surface area contributed by atoms with Crippen molar-refractivity contribution in [2.24, 2.45) is 29.0 Å². The first-order valence-corrected chi connectivity index (χ1v) is 23.6. The number of carbonyl (C=O) groups excluding carboxylic acids is 5. The molecule has 13 heteroatoms. The highest BCUT2D eigenvalue weighted by Gasteiger charge is 2.36. The third-order valence-electron chi connectivity index (χ3n) is 11.9. The third-order valence-corrected chi connectivity index (χ3v) is 11.9. The zero-order valence-electron chi connectivity index (χ0n) is 38.4. The summed E-state index contributed by atoms with van der Waals surface area (Å²) in [5.41, 5.74) is 19.9. The van der Waals surface area contributed by atoms with Crippen molar-refractivity contribution in [2.45, 2.75) is 154 Å². The molecule has 2 amide bonds. The predicted molar refractivity (Wildman–Crippen MR) is 248 cm³/mol. The predicted octanol–water partition coefficient (Wildman–Crippen LogP) is 7.44. The van der Waals surface area contributed by atoms with Gasteiger partial charge in [-0.2, -0.15) is 5.26 Å². The molecule has 0 radical (unpaired) electrons. The Balaban J connectivity index is 2.01. The molecule has 0 saturated heterocycles. The van der Waals surface area contributed by atoms with Crippen molar-refractivity contribution in [2.75, 3.05) is 39.9 Å². The minimum atomic E-state index is -1.14. The molecule has 2 aromatic carbocycles. The van der Waals surface area contributed by atoms with E-state index in [9.17, 15) is 29.2 Å². The van der Waals surface area contributed by atoms with Crippen LogP contribution in [0.1, 0.15) is 153 Å². The Labute approximate surface area is 376 Å². The molecule has 1 aliphatic rings. The van der Waals surface area contributed by atoms with Crippen LogP contribution in [0, 0.1) is 23.2 Å². The second-order valence-electron chi connectivity index (χ2n) is 17.2. The molecule has 3 rings (SSSR count). The molecule has 0 aliphatic carbocycles. The van der Waals surface area contributed by atoms with Crippen LogP contribution in [0.15, 0.2) is 36.4 Å². The third kappa shape index (κ3) is 17.8. The lowest BCUT2D eigenvalue weighted by Gasteiger charge is -2.32. The van der Waals surface area contributed by atoms with E-state index in [4.69, 9.17) is 26.7 Å². The molecule has 63 heavy (non-hydrogen) atoms. The number of Topliss-reactive ketones (excluding diaryl/α,β-unsaturated/α-hetero) is 3. The van der Waals surface area contributed by atoms with E-state index in [0.717, 1.165) is 19.3 Å². The topological polar surface area (TPSA) is 221 Å². The highest BCUT2D eigenvalue weighted by Crippen LogP contribution is 2.41. The van der Waals surface area contributed by atoms with Crippen LogP contribution < -0.4 is 32.0 Å². The van der Waals surface area contributed by atoms with Gasteiger partial charge in [0, 0.05) is 75.2 Å². The Bertz CT molecular complexity index is 1790. The number of ether oxygens (including phenoxy) is 2. The minimum Gasteiger partial charge on any atom is -0.492 e. The Kier molecular flexibility index (Phi) is 24.8. The molecule has 2 aromatic rings. The van der Waals surface area contributed by atoms with E-state index in [1.807, 2.05) is 18.2 Å². The van der Waals surface area contributed by atoms with Gasteiger partial charge in [0.25, 0.3) is 0 Å². The summed E-state index contributed by atoms with van der Waals surface area (Å²) in [5, 5.41) is 12.1. The quantitative estimate of drug-likeness (QED) is 0.0588. The summed E-state index contributed by atoms with van der Waals surface area (Å²) in [5.74, 6) is -2.09. The monoisotopic (exact) mass is 873 g/mol. The van der Waals surface area contributed by atoms with Crippen molar-refractivity contribution < 1.29 is 33.4 Å². The molecule has 348 valence electrons. The van der Waals surface area contributed by atoms with Crippen LogP contribution in [0.3, 0.4) is 0 Å². The summed E-state index contributed by atoms with van der Waals surface area (Å²) < 4.78 is 12.3. The molecule has 0 fully saturated rings. The summed E-state index contributed by atoms with van der Waals surface area (Å²) in [4.78, 5) is 71.5. The maximum atomic E-state index is 14.7. The van der Waals surface area contributed by atoms with E-state index in [-0.39, 0.29) is 81.7 Å². The van der Waals surface area contributed by atoms with Gasteiger partial charge >= 0.3 is 0 Å². The summed E-state index contributed by atoms with van der Waals surface area (Å²) in [6.45, 7) is 5.19. The second-order valence-corrected chi connectivity index (χ2v) is 17.2. The number of fused-ring (bicyclic) bond motifs is 5. The first-order chi connectivity index (χ1) is 30.5. The van der Waals surface area contributed by atoms with Crippen LogP contribution >= 0.6 is 0 Å². The van der Waals surface area contributed by atoms with E-state index in [1.54, 1.807) is 38.2 Å². The van der Waals surface area contributed by atoms with Gasteiger partial charge in [0.05, 0.1) is 12.1 Å². The Morgan fingerprint density at radius 3 is 2.00 bits per heavy atom. The van der Waals surface area contributed by atoms with Crippen molar-refractivity contribution in [1.82, 2.24) is 10.2 Å². The SMILES string of the molecule is CCCCCCCCCCCCCC(=O)C[C@@H](CCCCN)C(=O)N(C)[C@@H]1C(=O)C[C@@H](C)C(=O)N[C@H](C(=O)CCC#N)Cc2ccc(OCCN)c(c2)-c2cc1ccc2OCCN. The zero-order valence-corrected chi connectivity index (χ0v) is 38.4. The van der Waals surface area contributed by atoms with Crippen molar-refractivity contribution in [3.05, 3.63) is 47.5 Å². The molecule has 0 saturated carbocycles. The normalized spacial score (nSPS) is 16.9. The number of amides is 2. The number of ketones is 3. The fourth-order valence-electron chi connectivity index (χ4n) is 8.34. The average Bonchev–Trinajstić information content (AvgIpc) is 3.27. The van der Waals surface area contributed by atoms with Crippen LogP contribution in [0.2, 0.25) is 0 Å². The molecule has 1 aliphatic heterocycles. The smallest absolute Gasteiger partial charge is 0.226 e. The second kappa shape index (κ2) is 29.7. The number of nitrogens with two attached hydrogens (primary N) is 3. The van der Waals surface area contributed by atoms with Crippen molar-refractivity contribution in [3.63, 3.8) is 0 Å². The van der Waals surface area contributed by atoms with Gasteiger partial charge in [-0.05, 0) is 67.6 Å². The fourth-order valence-corrected chi connectivity index (χ4v) is 8.34. The Morgan fingerprint density at radius 2 is 1.40 bits per heavy atom. The molecular formula is C50H76N6O7. The number of carbonyl (C=O) groups is 5. The number of rotatable bonds is 29. The van der Waals surface area contributed by atoms with Crippen LogP contribution in [-0.2, 0) is 30.4 Å². The first kappa shape index (κ1) is 52.7. The van der Waals surface area contributed by atoms with Gasteiger partial charge in [-0.25, -0.2) is 0 Å². The standard InChI is InChI=1S/C50H76N6O7/c1-4-5-6-7-8-9-10-11-12-13-14-19-40(57)34-39(18-15-16-25-51)50(61)56(3)48-38-22-24-47(63-30-28-54)42(35-38)41-32-37(21-23-46(41)62-29-27-53)33-43(44(58)20-17-26-52)55-49(60)36(2)31-45(48)59/h21-24,32,35-36,39,43,48H,4-20,25,27-31,33-34,51,53-54H2,1-3H3,(H,55,60)/t36-,39-,43+,48+/m1/s1. The number of hydrogen-bond donors (Lipinski definition) is 4. The van der Waals surface area contributed by atoms with E-state index in [2.05, 4.69) is 12.2 Å². The summed E-state index contributed by atoms with van der Waals surface area (Å²) in [6.07, 6.45) is 15.0. The molecule has 7 N–H and O–H groups in total. The minimum absolute atomic E-state index is 0.00872. The lowest BCUT2D eigenvalue weighted by atomic mass is 9.88. The molecular weight excluding hydrogens is 797 g/mol. The van der Waals surface area contributed by atoms with Gasteiger partial charge in [0.15, 0.2) is 11.6 Å². The van der Waals surface area contributed by atoms with Crippen molar-refractivity contribution in [3.8, 4) is 28.7 Å². The van der Waals surface area contributed by atoms with Gasteiger partial charge in [0.1, 0.15) is 36.5 Å². The number of likely N-dealkylation sites (N-methyl/N-ethyl adjacent to an activating group) is 1. The zero-order chi connectivity index (χ0) is 46.0. The fraction of sp³-hybridized carbons (Fsp3) is 0.640. The lowest BCUT2D eigenvalue weighted by molar-refractivity contribution is -0.144. The molecule has 4 bridgehead atoms. The largest absolute Gasteiger partial charge is 0.492 e. The average molecular weight is 873 g/mol. The highest BCUT2D eigenvalue weighted by atomic mass is 16.5. The van der Waals surface area contributed by atoms with Crippen LogP contribution in [0.4, 0.5) is 0 Å². The Hall–Kier alpha value is -4.64. The number of benzene rings is 2. The molecule has 0 aromatic heterocycles. The van der Waals surface area contributed by atoms with Crippen LogP contribution in [-0.4, -0.2) is 80.0 Å². The van der Waals surface area contributed by atoms with E-state index in [1.165, 1.54) is 56.3 Å². The van der Waals surface area contributed by atoms with Crippen LogP contribution in [0.5, 0.6) is 11.5 Å². The van der Waals surface area contributed by atoms with Gasteiger partial charge in [0.2, 0.25) is 11.8 Å². The van der Waals surface area contributed by atoms with Crippen molar-refractivity contribution >= 4 is 29.2 Å². The number of nitrogens with one attached hydrogen (secondary N) is 1. The maximum absolute atomic E-state index is 14.7. The molecule has 1 heterocycles. The number of unbranched alkanes of at least 4 members (excludes halogenated alkanes) is 11. The first-order valence-electron chi connectivity index (χ1n) is 23.6. The number of nitriles is 1. The van der Waals surface area contributed by atoms with E-state index < -0.39 is 29.8 Å². The maximum Gasteiger partial charge on any atom is 0.226 e. The summed E-state index contributed by atoms with van der Waals surface area (Å²) >= 11 is 0. The van der Waals surface area contributed by atoms with Crippen molar-refractivity contribution in [1.29, 1.82) is 5.26 Å². The van der Waals surface area contributed by atoms with E-state index >= 15 is 0 Å². The molecule has 4 atom stereocenters. The number of hydrogen-bond acceptors (Lipinski definition) is 11. The molecule has 0 spiro atoms. The number of nitrogens with zero attached hydrogens (tertiary/aromatic N) is 2. The summed E-state index contributed by atoms with van der Waals surface area (Å²) in [7, 11) is 1.59. The van der Waals surface area contributed by atoms with Gasteiger partial charge in [-0.1, -0.05) is 96.6 Å². The highest BCUT2D eigenvalue weighted by molar-refractivity contribution is 5.96. The van der Waals surface area contributed by atoms with Crippen LogP contribution in [0.25, 0.3) is 11.1 Å². The molecule has 0 unspecified atom stereocenters. The lowest BCUT2D eigenvalue weighted by Crippen LogP contribution is -2.45. The van der Waals surface area contributed by atoms with E-state index in [0.29, 0.717) is 66.0 Å². The van der Waals surface area contributed by atoms with Gasteiger partial charge < -0.3 is 36.9 Å². The molecule has 13 nitrogen and oxygen atoms in total. The Morgan fingerprint density at radius 1 is 0.794 bits per heavy atom.